The van der Waals surface area contributed by atoms with Crippen molar-refractivity contribution >= 4 is 108 Å². The van der Waals surface area contributed by atoms with Crippen molar-refractivity contribution in [3.63, 3.8) is 0 Å². The standard InChI is InChI=1S/C8H21O5P3.C8H20O2P2.C7H17P.C4H13O9P3.C4H12O6P2.C4H11O3P.3CH4/c1-8(2,3)14(4,5)13-16(11,12)7-15(6,9)10;1-8(2,3)11(4,5)7-12(6,9)10;1-7(2,3)8(4,5)6;1-4(2,3)14(5,6)12-16(10,11)13-15(7,8)9;1-4(2,3)11(5,6)10-12(7,8)9;1-4(2,3)8(5,6)7;;;/h4,7H2,1-3,5-6H3,(H,9,10)(H,11,12);4,7H2,1-3,5-6H3,(H,9,10);4H2,1-3,5-6H3;1-3H3,(H,5,6)(H,10,11)(H2,7,8,9);1-3H3,(H,5,6)(H2,7,8,9);1-3H3,(H2,5,6,7);3*1H4. The lowest BCUT2D eigenvalue weighted by molar-refractivity contribution is 0.218. The predicted molar refractivity (Wildman–Crippen MR) is 326 cm³/mol. The maximum Gasteiger partial charge on any atom is 0.488 e. The molecule has 0 rings (SSSR count). The summed E-state index contributed by atoms with van der Waals surface area (Å²) >= 11 is 0. The second kappa shape index (κ2) is 32.0. The molecule has 0 amide bonds. The van der Waals surface area contributed by atoms with Crippen molar-refractivity contribution in [3.8, 4) is 0 Å². The van der Waals surface area contributed by atoms with Gasteiger partial charge in [0.05, 0.1) is 15.5 Å². The molecule has 0 saturated heterocycles. The van der Waals surface area contributed by atoms with Gasteiger partial charge >= 0.3 is 53.9 Å². The molecule has 75 heavy (non-hydrogen) atoms. The molecular weight excluding hydrogens is 1230 g/mol. The van der Waals surface area contributed by atoms with Crippen LogP contribution in [-0.4, -0.2) is 160 Å². The molecule has 0 aromatic carbocycles. The van der Waals surface area contributed by atoms with Gasteiger partial charge in [-0.1, -0.05) is 97.2 Å². The van der Waals surface area contributed by atoms with E-state index in [9.17, 15) is 55.8 Å². The lowest BCUT2D eigenvalue weighted by atomic mass is 10.3. The van der Waals surface area contributed by atoms with Gasteiger partial charge in [0.25, 0.3) is 0 Å². The molecule has 0 aromatic rings. The summed E-state index contributed by atoms with van der Waals surface area (Å²) in [6.45, 7) is 39.3. The topological polar surface area (TPSA) is 433 Å². The zero-order chi connectivity index (χ0) is 61.2. The number of hydrogen-bond donors (Lipinski definition) is 12. The van der Waals surface area contributed by atoms with Crippen LogP contribution in [-0.2, 0) is 58.3 Å². The van der Waals surface area contributed by atoms with E-state index in [1.165, 1.54) is 69.0 Å². The van der Waals surface area contributed by atoms with E-state index in [1.54, 1.807) is 6.66 Å². The van der Waals surface area contributed by atoms with Crippen LogP contribution in [0.1, 0.15) is 147 Å². The van der Waals surface area contributed by atoms with Crippen LogP contribution < -0.4 is 0 Å². The summed E-state index contributed by atoms with van der Waals surface area (Å²) in [6.07, 6.45) is 12.1. The van der Waals surface area contributed by atoms with Gasteiger partial charge in [-0.25, -0.2) is 22.3 Å². The molecule has 8 unspecified atom stereocenters. The minimum Gasteiger partial charge on any atom is -0.344 e. The van der Waals surface area contributed by atoms with E-state index in [0.717, 1.165) is 6.66 Å². The minimum absolute atomic E-state index is 0. The molecule has 468 valence electrons. The van der Waals surface area contributed by atoms with Crippen LogP contribution in [0.3, 0.4) is 0 Å². The highest BCUT2D eigenvalue weighted by Gasteiger charge is 2.46. The van der Waals surface area contributed by atoms with Crippen LogP contribution in [0.2, 0.25) is 0 Å². The molecule has 0 bridgehead atoms. The van der Waals surface area contributed by atoms with Crippen molar-refractivity contribution in [2.45, 2.75) is 178 Å². The van der Waals surface area contributed by atoms with Gasteiger partial charge in [-0.2, -0.15) is 4.31 Å². The predicted octanol–water partition coefficient (Wildman–Crippen LogP) is 13.2. The summed E-state index contributed by atoms with van der Waals surface area (Å²) in [7, 11) is -41.0. The molecule has 0 aliphatic heterocycles. The Balaban J connectivity index is -0.000000101. The summed E-state index contributed by atoms with van der Waals surface area (Å²) in [6, 6.07) is 0. The highest BCUT2D eigenvalue weighted by molar-refractivity contribution is 7.84. The van der Waals surface area contributed by atoms with E-state index >= 15 is 0 Å². The van der Waals surface area contributed by atoms with Gasteiger partial charge in [0.2, 0.25) is 14.7 Å². The SMILES string of the molecule is C.C.C.C=P(C)(C)C(C)(C)C.C=P(C)(CP(C)(=O)O)C(C)(C)C.C=P(C)(OP(=O)(O)CP(C)(=O)O)C(C)(C)C.CC(C)(C)P(=O)(O)O.CC(C)(C)P(=O)(O)OP(=O)(O)O.CC(C)(C)P(=O)(O)OP(=O)(O)OP(=O)(O)O. The molecule has 0 heterocycles. The van der Waals surface area contributed by atoms with E-state index < -0.39 is 111 Å². The Hall–Kier alpha value is 2.33. The van der Waals surface area contributed by atoms with Crippen molar-refractivity contribution in [1.82, 2.24) is 0 Å². The summed E-state index contributed by atoms with van der Waals surface area (Å²) in [5.74, 6) is -0.329. The summed E-state index contributed by atoms with van der Waals surface area (Å²) in [5, 5.41) is -3.34. The molecule has 0 aliphatic carbocycles. The van der Waals surface area contributed by atoms with Crippen LogP contribution in [0.25, 0.3) is 0 Å². The Morgan fingerprint density at radius 3 is 0.720 bits per heavy atom. The molecule has 0 aliphatic rings. The number of phosphoric acid groups is 3. The Bertz CT molecular complexity index is 2160. The first kappa shape index (κ1) is 96.5. The van der Waals surface area contributed by atoms with E-state index in [1.807, 2.05) is 27.4 Å². The van der Waals surface area contributed by atoms with Crippen LogP contribution in [0.4, 0.5) is 0 Å². The van der Waals surface area contributed by atoms with Crippen LogP contribution in [0, 0.1) is 0 Å². The van der Waals surface area contributed by atoms with Crippen molar-refractivity contribution in [2.24, 2.45) is 0 Å². The monoisotopic (exact) mass is 1330 g/mol. The Labute approximate surface area is 453 Å². The first-order chi connectivity index (χ1) is 29.7. The van der Waals surface area contributed by atoms with Crippen LogP contribution >= 0.6 is 89.5 Å². The minimum atomic E-state index is -5.31. The molecule has 37 heteroatoms. The van der Waals surface area contributed by atoms with Gasteiger partial charge in [-0.3, -0.25) is 31.7 Å². The largest absolute Gasteiger partial charge is 0.488 e. The molecule has 0 spiro atoms. The Morgan fingerprint density at radius 1 is 0.347 bits per heavy atom. The van der Waals surface area contributed by atoms with Crippen LogP contribution in [0.15, 0.2) is 0 Å². The fourth-order valence-corrected chi connectivity index (χ4v) is 20.8. The van der Waals surface area contributed by atoms with E-state index in [-0.39, 0.29) is 32.6 Å². The molecule has 0 aromatic heterocycles. The fourth-order valence-electron chi connectivity index (χ4n) is 2.23. The number of rotatable bonds is 12. The lowest BCUT2D eigenvalue weighted by Crippen LogP contribution is -2.16. The highest BCUT2D eigenvalue weighted by Crippen LogP contribution is 2.71. The van der Waals surface area contributed by atoms with E-state index in [0.29, 0.717) is 11.1 Å². The first-order valence-corrected chi connectivity index (χ1v) is 44.2. The van der Waals surface area contributed by atoms with Gasteiger partial charge in [-0.05, 0) is 99.3 Å². The highest BCUT2D eigenvalue weighted by atomic mass is 31.3. The normalized spacial score (nSPS) is 19.4. The van der Waals surface area contributed by atoms with Crippen LogP contribution in [0.5, 0.6) is 0 Å². The molecule has 0 fully saturated rings. The summed E-state index contributed by atoms with van der Waals surface area (Å²) < 4.78 is 114. The maximum atomic E-state index is 11.7. The second-order valence-electron chi connectivity index (χ2n) is 23.6. The summed E-state index contributed by atoms with van der Waals surface area (Å²) in [4.78, 5) is 105. The van der Waals surface area contributed by atoms with Gasteiger partial charge in [0.1, 0.15) is 5.90 Å². The average molecular weight is 1330 g/mol. The van der Waals surface area contributed by atoms with Gasteiger partial charge in [-0.15, -0.1) is 20.1 Å². The van der Waals surface area contributed by atoms with E-state index in [2.05, 4.69) is 86.7 Å². The van der Waals surface area contributed by atoms with Crippen molar-refractivity contribution in [3.05, 3.63) is 0 Å². The van der Waals surface area contributed by atoms with Crippen molar-refractivity contribution < 1.29 is 117 Å². The van der Waals surface area contributed by atoms with E-state index in [4.69, 9.17) is 48.4 Å². The Kier molecular flexibility index (Phi) is 41.2. The van der Waals surface area contributed by atoms with Gasteiger partial charge < -0.3 is 58.7 Å². The summed E-state index contributed by atoms with van der Waals surface area (Å²) in [5.41, 5.74) is 0. The lowest BCUT2D eigenvalue weighted by Gasteiger charge is -2.34. The number of hydrogen-bond acceptors (Lipinski definition) is 13. The van der Waals surface area contributed by atoms with Gasteiger partial charge in [0.15, 0.2) is 0 Å². The molecule has 0 saturated carbocycles. The van der Waals surface area contributed by atoms with Gasteiger partial charge in [0, 0.05) is 31.5 Å². The van der Waals surface area contributed by atoms with Crippen molar-refractivity contribution in [1.29, 1.82) is 0 Å². The molecule has 8 atom stereocenters. The Morgan fingerprint density at radius 2 is 0.587 bits per heavy atom. The molecular formula is C38H106O25P12. The quantitative estimate of drug-likeness (QED) is 0.0807. The smallest absolute Gasteiger partial charge is 0.344 e. The van der Waals surface area contributed by atoms with Crippen molar-refractivity contribution in [2.75, 3.05) is 51.8 Å². The zero-order valence-corrected chi connectivity index (χ0v) is 57.3. The third-order valence-electron chi connectivity index (χ3n) is 9.39. The maximum absolute atomic E-state index is 11.7. The zero-order valence-electron chi connectivity index (χ0n) is 46.6. The third kappa shape index (κ3) is 49.5. The average Bonchev–Trinajstić information content (AvgIpc) is 2.87. The fraction of sp³-hybridized carbons (Fsp3) is 0.921. The molecule has 12 N–H and O–H groups in total. The molecule has 25 nitrogen and oxygen atoms in total. The first-order valence-electron chi connectivity index (χ1n) is 20.7. The molecule has 0 radical (unpaired) electrons. The second-order valence-corrected chi connectivity index (χ2v) is 56.4. The third-order valence-corrected chi connectivity index (χ3v) is 39.9.